The van der Waals surface area contributed by atoms with E-state index in [1.807, 2.05) is 49.4 Å². The molecule has 1 heterocycles. The number of hydrogen-bond acceptors (Lipinski definition) is 4. The summed E-state index contributed by atoms with van der Waals surface area (Å²) in [5, 5.41) is 9.87. The Morgan fingerprint density at radius 3 is 2.57 bits per heavy atom. The second kappa shape index (κ2) is 7.84. The van der Waals surface area contributed by atoms with Crippen LogP contribution in [0.2, 0.25) is 0 Å². The normalized spacial score (nSPS) is 12.5. The summed E-state index contributed by atoms with van der Waals surface area (Å²) in [7, 11) is 0. The van der Waals surface area contributed by atoms with E-state index >= 15 is 0 Å². The van der Waals surface area contributed by atoms with Gasteiger partial charge in [-0.15, -0.1) is 0 Å². The number of ether oxygens (including phenoxy) is 1. The van der Waals surface area contributed by atoms with Gasteiger partial charge in [-0.25, -0.2) is 4.98 Å². The standard InChI is InChI=1S/C22H26N4O2/c1-14(28-19-11-7-9-17(13-19)22(3,4)5)21(27)24-18-10-6-8-16(12-18)20-23-15(2)25-26-20/h6-14H,1-5H3,(H,24,27)(H,23,25,26). The van der Waals surface area contributed by atoms with Gasteiger partial charge in [-0.05, 0) is 49.1 Å². The van der Waals surface area contributed by atoms with Crippen LogP contribution in [0.5, 0.6) is 5.75 Å². The molecule has 28 heavy (non-hydrogen) atoms. The Morgan fingerprint density at radius 2 is 1.89 bits per heavy atom. The minimum atomic E-state index is -0.635. The summed E-state index contributed by atoms with van der Waals surface area (Å²) in [5.74, 6) is 1.80. The summed E-state index contributed by atoms with van der Waals surface area (Å²) in [6.07, 6.45) is -0.635. The van der Waals surface area contributed by atoms with Crippen LogP contribution in [0.4, 0.5) is 5.69 Å². The number of aryl methyl sites for hydroxylation is 1. The first kappa shape index (κ1) is 19.6. The maximum atomic E-state index is 12.6. The molecule has 6 nitrogen and oxygen atoms in total. The molecule has 0 saturated carbocycles. The molecule has 1 unspecified atom stereocenters. The van der Waals surface area contributed by atoms with Crippen molar-refractivity contribution in [3.63, 3.8) is 0 Å². The molecule has 0 saturated heterocycles. The number of nitrogens with one attached hydrogen (secondary N) is 2. The molecule has 0 radical (unpaired) electrons. The maximum absolute atomic E-state index is 12.6. The van der Waals surface area contributed by atoms with Gasteiger partial charge in [0.2, 0.25) is 0 Å². The van der Waals surface area contributed by atoms with Crippen LogP contribution >= 0.6 is 0 Å². The van der Waals surface area contributed by atoms with Crippen molar-refractivity contribution in [3.8, 4) is 17.1 Å². The lowest BCUT2D eigenvalue weighted by atomic mass is 9.87. The summed E-state index contributed by atoms with van der Waals surface area (Å²) in [6, 6.07) is 15.3. The van der Waals surface area contributed by atoms with E-state index in [2.05, 4.69) is 47.3 Å². The number of benzene rings is 2. The Bertz CT molecular complexity index is 972. The maximum Gasteiger partial charge on any atom is 0.265 e. The third kappa shape index (κ3) is 4.76. The topological polar surface area (TPSA) is 79.9 Å². The van der Waals surface area contributed by atoms with Crippen molar-refractivity contribution in [2.45, 2.75) is 46.1 Å². The monoisotopic (exact) mass is 378 g/mol. The number of hydrogen-bond donors (Lipinski definition) is 2. The minimum Gasteiger partial charge on any atom is -0.481 e. The molecule has 6 heteroatoms. The first-order chi connectivity index (χ1) is 13.2. The number of H-pyrrole nitrogens is 1. The second-order valence-corrected chi connectivity index (χ2v) is 7.85. The second-order valence-electron chi connectivity index (χ2n) is 7.85. The molecule has 0 aliphatic carbocycles. The zero-order valence-corrected chi connectivity index (χ0v) is 16.9. The lowest BCUT2D eigenvalue weighted by molar-refractivity contribution is -0.122. The van der Waals surface area contributed by atoms with Crippen LogP contribution in [0.15, 0.2) is 48.5 Å². The lowest BCUT2D eigenvalue weighted by Gasteiger charge is -2.21. The van der Waals surface area contributed by atoms with Gasteiger partial charge in [-0.1, -0.05) is 45.0 Å². The molecule has 1 atom stereocenters. The Kier molecular flexibility index (Phi) is 5.49. The summed E-state index contributed by atoms with van der Waals surface area (Å²) in [5.41, 5.74) is 2.67. The molecule has 3 rings (SSSR count). The molecule has 1 amide bonds. The molecule has 2 N–H and O–H groups in total. The van der Waals surface area contributed by atoms with E-state index in [-0.39, 0.29) is 11.3 Å². The average Bonchev–Trinajstić information content (AvgIpc) is 3.08. The average molecular weight is 378 g/mol. The molecular formula is C22H26N4O2. The lowest BCUT2D eigenvalue weighted by Crippen LogP contribution is -2.30. The highest BCUT2D eigenvalue weighted by Gasteiger charge is 2.18. The molecule has 3 aromatic rings. The van der Waals surface area contributed by atoms with Gasteiger partial charge in [-0.3, -0.25) is 9.89 Å². The molecule has 0 bridgehead atoms. The summed E-state index contributed by atoms with van der Waals surface area (Å²) in [6.45, 7) is 10.0. The van der Waals surface area contributed by atoms with Crippen LogP contribution in [0, 0.1) is 6.92 Å². The first-order valence-corrected chi connectivity index (χ1v) is 9.30. The number of carbonyl (C=O) groups excluding carboxylic acids is 1. The highest BCUT2D eigenvalue weighted by atomic mass is 16.5. The van der Waals surface area contributed by atoms with Crippen LogP contribution in [-0.2, 0) is 10.2 Å². The van der Waals surface area contributed by atoms with Gasteiger partial charge in [0.05, 0.1) is 0 Å². The SMILES string of the molecule is Cc1nc(-c2cccc(NC(=O)C(C)Oc3cccc(C(C)(C)C)c3)c2)n[nH]1. The Balaban J connectivity index is 1.68. The predicted octanol–water partition coefficient (Wildman–Crippen LogP) is 4.48. The van der Waals surface area contributed by atoms with Gasteiger partial charge < -0.3 is 10.1 Å². The Labute approximate surface area is 165 Å². The predicted molar refractivity (Wildman–Crippen MR) is 110 cm³/mol. The fourth-order valence-electron chi connectivity index (χ4n) is 2.75. The zero-order valence-electron chi connectivity index (χ0n) is 16.9. The van der Waals surface area contributed by atoms with E-state index in [9.17, 15) is 4.79 Å². The fraction of sp³-hybridized carbons (Fsp3) is 0.318. The van der Waals surface area contributed by atoms with E-state index in [0.29, 0.717) is 17.3 Å². The van der Waals surface area contributed by atoms with Gasteiger partial charge in [0.25, 0.3) is 5.91 Å². The number of anilines is 1. The van der Waals surface area contributed by atoms with Crippen molar-refractivity contribution < 1.29 is 9.53 Å². The number of amides is 1. The van der Waals surface area contributed by atoms with Crippen molar-refractivity contribution in [1.29, 1.82) is 0 Å². The van der Waals surface area contributed by atoms with Gasteiger partial charge in [0.1, 0.15) is 11.6 Å². The number of carbonyl (C=O) groups is 1. The third-order valence-corrected chi connectivity index (χ3v) is 4.37. The summed E-state index contributed by atoms with van der Waals surface area (Å²) >= 11 is 0. The quantitative estimate of drug-likeness (QED) is 0.686. The smallest absolute Gasteiger partial charge is 0.265 e. The van der Waals surface area contributed by atoms with Crippen LogP contribution in [0.1, 0.15) is 39.1 Å². The molecule has 0 fully saturated rings. The van der Waals surface area contributed by atoms with Gasteiger partial charge in [0.15, 0.2) is 11.9 Å². The summed E-state index contributed by atoms with van der Waals surface area (Å²) in [4.78, 5) is 16.9. The van der Waals surface area contributed by atoms with Gasteiger partial charge in [0, 0.05) is 11.3 Å². The highest BCUT2D eigenvalue weighted by Crippen LogP contribution is 2.26. The van der Waals surface area contributed by atoms with Crippen molar-refractivity contribution in [3.05, 3.63) is 59.9 Å². The number of aromatic nitrogens is 3. The van der Waals surface area contributed by atoms with E-state index in [0.717, 1.165) is 17.0 Å². The molecule has 0 spiro atoms. The van der Waals surface area contributed by atoms with Crippen molar-refractivity contribution >= 4 is 11.6 Å². The van der Waals surface area contributed by atoms with Crippen molar-refractivity contribution in [2.75, 3.05) is 5.32 Å². The van der Waals surface area contributed by atoms with Crippen LogP contribution < -0.4 is 10.1 Å². The summed E-state index contributed by atoms with van der Waals surface area (Å²) < 4.78 is 5.86. The van der Waals surface area contributed by atoms with Gasteiger partial charge in [-0.2, -0.15) is 5.10 Å². The van der Waals surface area contributed by atoms with Crippen molar-refractivity contribution in [1.82, 2.24) is 15.2 Å². The number of nitrogens with zero attached hydrogens (tertiary/aromatic N) is 2. The van der Waals surface area contributed by atoms with Crippen LogP contribution in [0.25, 0.3) is 11.4 Å². The largest absolute Gasteiger partial charge is 0.481 e. The van der Waals surface area contributed by atoms with Gasteiger partial charge >= 0.3 is 0 Å². The molecular weight excluding hydrogens is 352 g/mol. The Morgan fingerprint density at radius 1 is 1.14 bits per heavy atom. The fourth-order valence-corrected chi connectivity index (χ4v) is 2.75. The molecule has 0 aliphatic heterocycles. The first-order valence-electron chi connectivity index (χ1n) is 9.30. The Hall–Kier alpha value is -3.15. The van der Waals surface area contributed by atoms with E-state index in [1.54, 1.807) is 6.92 Å². The minimum absolute atomic E-state index is 0.0178. The number of rotatable bonds is 5. The molecule has 0 aliphatic rings. The van der Waals surface area contributed by atoms with Crippen LogP contribution in [0.3, 0.4) is 0 Å². The van der Waals surface area contributed by atoms with E-state index in [4.69, 9.17) is 4.74 Å². The van der Waals surface area contributed by atoms with E-state index < -0.39 is 6.10 Å². The van der Waals surface area contributed by atoms with Crippen LogP contribution in [-0.4, -0.2) is 27.2 Å². The molecule has 1 aromatic heterocycles. The van der Waals surface area contributed by atoms with E-state index in [1.165, 1.54) is 0 Å². The molecule has 146 valence electrons. The zero-order chi connectivity index (χ0) is 20.3. The van der Waals surface area contributed by atoms with Crippen molar-refractivity contribution in [2.24, 2.45) is 0 Å². The highest BCUT2D eigenvalue weighted by molar-refractivity contribution is 5.94. The third-order valence-electron chi connectivity index (χ3n) is 4.37. The molecule has 2 aromatic carbocycles. The number of aromatic amines is 1.